The van der Waals surface area contributed by atoms with Gasteiger partial charge in [0.2, 0.25) is 5.91 Å². The molecule has 2 atom stereocenters. The molecule has 4 heterocycles. The van der Waals surface area contributed by atoms with Crippen molar-refractivity contribution in [1.82, 2.24) is 14.9 Å². The van der Waals surface area contributed by atoms with E-state index in [-0.39, 0.29) is 11.8 Å². The molecule has 0 bridgehead atoms. The summed E-state index contributed by atoms with van der Waals surface area (Å²) in [5.41, 5.74) is 3.90. The van der Waals surface area contributed by atoms with E-state index in [1.54, 1.807) is 41.8 Å². The minimum absolute atomic E-state index is 0.0165. The van der Waals surface area contributed by atoms with Crippen molar-refractivity contribution < 1.29 is 14.3 Å². The van der Waals surface area contributed by atoms with Gasteiger partial charge < -0.3 is 15.0 Å². The number of aromatic nitrogens is 2. The molecule has 0 spiro atoms. The van der Waals surface area contributed by atoms with Crippen LogP contribution in [0.2, 0.25) is 0 Å². The number of carbonyl (C=O) groups is 2. The number of rotatable bonds is 6. The lowest BCUT2D eigenvalue weighted by Crippen LogP contribution is -2.27. The highest BCUT2D eigenvalue weighted by Gasteiger charge is 2.37. The fourth-order valence-electron chi connectivity index (χ4n) is 4.45. The first-order valence-corrected chi connectivity index (χ1v) is 12.0. The van der Waals surface area contributed by atoms with E-state index in [4.69, 9.17) is 4.74 Å². The highest BCUT2D eigenvalue weighted by molar-refractivity contribution is 7.08. The van der Waals surface area contributed by atoms with E-state index in [0.29, 0.717) is 29.0 Å². The molecule has 34 heavy (non-hydrogen) atoms. The van der Waals surface area contributed by atoms with Crippen LogP contribution in [-0.4, -0.2) is 46.9 Å². The molecule has 0 radical (unpaired) electrons. The molecule has 1 saturated heterocycles. The fraction of sp³-hybridized carbons (Fsp3) is 0.231. The highest BCUT2D eigenvalue weighted by atomic mass is 32.1. The van der Waals surface area contributed by atoms with Gasteiger partial charge in [-0.1, -0.05) is 6.08 Å². The zero-order valence-electron chi connectivity index (χ0n) is 18.7. The Bertz CT molecular complexity index is 1250. The molecule has 1 N–H and O–H groups in total. The van der Waals surface area contributed by atoms with Crippen molar-refractivity contribution >= 4 is 40.6 Å². The van der Waals surface area contributed by atoms with E-state index >= 15 is 0 Å². The number of thiophene rings is 1. The van der Waals surface area contributed by atoms with Gasteiger partial charge in [-0.05, 0) is 76.1 Å². The van der Waals surface area contributed by atoms with Crippen LogP contribution in [0.5, 0.6) is 5.75 Å². The lowest BCUT2D eigenvalue weighted by atomic mass is 9.99. The van der Waals surface area contributed by atoms with Crippen molar-refractivity contribution in [2.24, 2.45) is 11.8 Å². The third kappa shape index (κ3) is 4.77. The summed E-state index contributed by atoms with van der Waals surface area (Å²) in [4.78, 5) is 35.3. The number of ether oxygens (including phenoxy) is 1. The van der Waals surface area contributed by atoms with Crippen LogP contribution in [0.4, 0.5) is 5.82 Å². The number of hydrogen-bond acceptors (Lipinski definition) is 6. The average Bonchev–Trinajstić information content (AvgIpc) is 3.60. The number of hydrogen-bond donors (Lipinski definition) is 1. The number of fused-ring (bicyclic) bond motifs is 1. The second-order valence-corrected chi connectivity index (χ2v) is 9.23. The summed E-state index contributed by atoms with van der Waals surface area (Å²) in [5, 5.41) is 7.04. The number of nitrogens with one attached hydrogen (secondary N) is 1. The summed E-state index contributed by atoms with van der Waals surface area (Å²) in [6.07, 6.45) is 11.4. The fourth-order valence-corrected chi connectivity index (χ4v) is 5.13. The Balaban J connectivity index is 1.15. The molecule has 2 aliphatic rings. The topological polar surface area (TPSA) is 84.4 Å². The molecule has 1 aliphatic carbocycles. The van der Waals surface area contributed by atoms with Crippen molar-refractivity contribution in [3.05, 3.63) is 82.5 Å². The van der Waals surface area contributed by atoms with E-state index in [2.05, 4.69) is 38.2 Å². The number of likely N-dealkylation sites (tertiary alicyclic amines) is 1. The molecule has 7 nitrogen and oxygen atoms in total. The van der Waals surface area contributed by atoms with Crippen molar-refractivity contribution in [2.75, 3.05) is 25.5 Å². The van der Waals surface area contributed by atoms with Gasteiger partial charge >= 0.3 is 0 Å². The predicted octanol–water partition coefficient (Wildman–Crippen LogP) is 4.37. The smallest absolute Gasteiger partial charge is 0.258 e. The average molecular weight is 473 g/mol. The maximum Gasteiger partial charge on any atom is 0.258 e. The van der Waals surface area contributed by atoms with Gasteiger partial charge in [-0.15, -0.1) is 0 Å². The second-order valence-electron chi connectivity index (χ2n) is 8.45. The largest absolute Gasteiger partial charge is 0.495 e. The van der Waals surface area contributed by atoms with Gasteiger partial charge in [0.1, 0.15) is 11.6 Å². The molecular formula is C26H24N4O3S. The summed E-state index contributed by atoms with van der Waals surface area (Å²) < 4.78 is 5.10. The van der Waals surface area contributed by atoms with Crippen LogP contribution in [0, 0.1) is 11.8 Å². The summed E-state index contributed by atoms with van der Waals surface area (Å²) in [6, 6.07) is 7.29. The Hall–Kier alpha value is -3.78. The third-order valence-electron chi connectivity index (χ3n) is 6.25. The van der Waals surface area contributed by atoms with Crippen molar-refractivity contribution in [1.29, 1.82) is 0 Å². The predicted molar refractivity (Wildman–Crippen MR) is 132 cm³/mol. The summed E-state index contributed by atoms with van der Waals surface area (Å²) in [6.45, 7) is 1.56. The molecule has 2 unspecified atom stereocenters. The third-order valence-corrected chi connectivity index (χ3v) is 6.93. The summed E-state index contributed by atoms with van der Waals surface area (Å²) >= 11 is 1.72. The Morgan fingerprint density at radius 2 is 2.12 bits per heavy atom. The van der Waals surface area contributed by atoms with Gasteiger partial charge in [0.05, 0.1) is 18.9 Å². The Kier molecular flexibility index (Phi) is 6.22. The number of anilines is 1. The van der Waals surface area contributed by atoms with Gasteiger partial charge in [0.25, 0.3) is 5.91 Å². The second kappa shape index (κ2) is 9.61. The molecule has 172 valence electrons. The first kappa shape index (κ1) is 22.0. The maximum atomic E-state index is 12.7. The van der Waals surface area contributed by atoms with Crippen LogP contribution < -0.4 is 10.1 Å². The zero-order chi connectivity index (χ0) is 23.5. The van der Waals surface area contributed by atoms with Crippen LogP contribution in [-0.2, 0) is 4.79 Å². The molecule has 3 aromatic heterocycles. The van der Waals surface area contributed by atoms with E-state index in [1.165, 1.54) is 30.6 Å². The van der Waals surface area contributed by atoms with Crippen LogP contribution in [0.1, 0.15) is 27.9 Å². The first-order chi connectivity index (χ1) is 16.6. The Labute approximate surface area is 201 Å². The number of allylic oxidation sites excluding steroid dienone is 1. The number of methoxy groups -OCH3 is 1. The molecule has 3 aromatic rings. The normalized spacial score (nSPS) is 19.2. The lowest BCUT2D eigenvalue weighted by molar-refractivity contribution is -0.125. The van der Waals surface area contributed by atoms with E-state index in [0.717, 1.165) is 25.1 Å². The highest BCUT2D eigenvalue weighted by Crippen LogP contribution is 2.41. The van der Waals surface area contributed by atoms with Crippen molar-refractivity contribution in [3.8, 4) is 5.75 Å². The standard InChI is InChI=1S/C26H24N4O3S/c1-33-23-10-20(12-27-13-23)26(32)29-24-4-2-17(11-28-24)3-5-25(31)30-14-21-8-19(9-22(21)15-30)18-6-7-34-16-18/h2-8,10-13,16,21-22H,9,14-15H2,1H3,(H,28,29,32)/b5-3+. The molecule has 2 amide bonds. The Morgan fingerprint density at radius 1 is 1.21 bits per heavy atom. The van der Waals surface area contributed by atoms with Gasteiger partial charge in [0, 0.05) is 31.6 Å². The summed E-state index contributed by atoms with van der Waals surface area (Å²) in [7, 11) is 1.52. The van der Waals surface area contributed by atoms with Gasteiger partial charge in [-0.3, -0.25) is 14.6 Å². The molecule has 1 fully saturated rings. The van der Waals surface area contributed by atoms with Crippen molar-refractivity contribution in [3.63, 3.8) is 0 Å². The molecule has 5 rings (SSSR count). The van der Waals surface area contributed by atoms with Crippen LogP contribution in [0.3, 0.4) is 0 Å². The number of nitrogens with zero attached hydrogens (tertiary/aromatic N) is 3. The first-order valence-electron chi connectivity index (χ1n) is 11.1. The molecule has 1 aliphatic heterocycles. The number of carbonyl (C=O) groups excluding carboxylic acids is 2. The molecule has 8 heteroatoms. The molecular weight excluding hydrogens is 448 g/mol. The molecule has 0 aromatic carbocycles. The lowest BCUT2D eigenvalue weighted by Gasteiger charge is -2.15. The summed E-state index contributed by atoms with van der Waals surface area (Å²) in [5.74, 6) is 1.56. The number of amides is 2. The van der Waals surface area contributed by atoms with Crippen LogP contribution in [0.25, 0.3) is 11.6 Å². The van der Waals surface area contributed by atoms with Crippen LogP contribution in [0.15, 0.2) is 65.8 Å². The monoisotopic (exact) mass is 472 g/mol. The van der Waals surface area contributed by atoms with Gasteiger partial charge in [0.15, 0.2) is 0 Å². The van der Waals surface area contributed by atoms with E-state index in [9.17, 15) is 9.59 Å². The maximum absolute atomic E-state index is 12.7. The zero-order valence-corrected chi connectivity index (χ0v) is 19.5. The SMILES string of the molecule is COc1cncc(C(=O)Nc2ccc(/C=C/C(=O)N3CC4C=C(c5ccsc5)CC4C3)cn2)c1. The minimum Gasteiger partial charge on any atom is -0.495 e. The minimum atomic E-state index is -0.326. The Morgan fingerprint density at radius 3 is 2.85 bits per heavy atom. The number of pyridine rings is 2. The molecule has 0 saturated carbocycles. The van der Waals surface area contributed by atoms with Gasteiger partial charge in [-0.25, -0.2) is 4.98 Å². The quantitative estimate of drug-likeness (QED) is 0.539. The van der Waals surface area contributed by atoms with E-state index in [1.807, 2.05) is 11.0 Å². The van der Waals surface area contributed by atoms with Gasteiger partial charge in [-0.2, -0.15) is 11.3 Å². The van der Waals surface area contributed by atoms with Crippen LogP contribution >= 0.6 is 11.3 Å². The van der Waals surface area contributed by atoms with E-state index < -0.39 is 0 Å². The van der Waals surface area contributed by atoms with Crippen molar-refractivity contribution in [2.45, 2.75) is 6.42 Å².